The molecular weight excluding hydrogens is 292 g/mol. The quantitative estimate of drug-likeness (QED) is 0.303. The first-order valence-corrected chi connectivity index (χ1v) is 7.53. The highest BCUT2D eigenvalue weighted by Gasteiger charge is 2.13. The molecule has 0 aromatic carbocycles. The molecule has 0 aliphatic carbocycles. The zero-order valence-electron chi connectivity index (χ0n) is 14.2. The molecule has 6 nitrogen and oxygen atoms in total. The van der Waals surface area contributed by atoms with Gasteiger partial charge in [-0.15, -0.1) is 6.58 Å². The van der Waals surface area contributed by atoms with E-state index in [9.17, 15) is 5.26 Å². The Morgan fingerprint density at radius 3 is 2.91 bits per heavy atom. The third-order valence-corrected chi connectivity index (χ3v) is 3.07. The van der Waals surface area contributed by atoms with E-state index in [2.05, 4.69) is 22.6 Å². The van der Waals surface area contributed by atoms with Crippen molar-refractivity contribution in [1.29, 1.82) is 5.26 Å². The molecule has 1 atom stereocenters. The Morgan fingerprint density at radius 1 is 1.57 bits per heavy atom. The van der Waals surface area contributed by atoms with E-state index in [1.54, 1.807) is 18.5 Å². The monoisotopic (exact) mass is 316 g/mol. The highest BCUT2D eigenvalue weighted by molar-refractivity contribution is 5.63. The van der Waals surface area contributed by atoms with Gasteiger partial charge in [-0.1, -0.05) is 6.08 Å². The number of hydrogen-bond acceptors (Lipinski definition) is 5. The van der Waals surface area contributed by atoms with Crippen molar-refractivity contribution in [3.05, 3.63) is 30.0 Å². The topological polar surface area (TPSA) is 70.7 Å². The average Bonchev–Trinajstić information content (AvgIpc) is 2.54. The van der Waals surface area contributed by atoms with E-state index in [0.29, 0.717) is 36.0 Å². The minimum Gasteiger partial charge on any atom is -0.471 e. The maximum absolute atomic E-state index is 9.31. The maximum Gasteiger partial charge on any atom is 0.232 e. The summed E-state index contributed by atoms with van der Waals surface area (Å²) >= 11 is 0. The Bertz CT molecular complexity index is 593. The van der Waals surface area contributed by atoms with Crippen molar-refractivity contribution < 1.29 is 9.47 Å². The lowest BCUT2D eigenvalue weighted by Crippen LogP contribution is -2.20. The van der Waals surface area contributed by atoms with Gasteiger partial charge in [0.05, 0.1) is 30.9 Å². The van der Waals surface area contributed by atoms with Crippen LogP contribution in [0.25, 0.3) is 0 Å². The average molecular weight is 316 g/mol. The lowest BCUT2D eigenvalue weighted by atomic mass is 10.2. The number of aromatic nitrogens is 1. The third-order valence-electron chi connectivity index (χ3n) is 3.07. The molecule has 0 saturated carbocycles. The summed E-state index contributed by atoms with van der Waals surface area (Å²) in [6.07, 6.45) is 3.18. The van der Waals surface area contributed by atoms with Gasteiger partial charge in [-0.2, -0.15) is 5.26 Å². The van der Waals surface area contributed by atoms with Gasteiger partial charge in [0.2, 0.25) is 5.88 Å². The first-order chi connectivity index (χ1) is 11.0. The minimum atomic E-state index is -0.213. The van der Waals surface area contributed by atoms with Crippen LogP contribution in [0.2, 0.25) is 0 Å². The van der Waals surface area contributed by atoms with Crippen LogP contribution in [0.15, 0.2) is 23.7 Å². The summed E-state index contributed by atoms with van der Waals surface area (Å²) < 4.78 is 11.0. The van der Waals surface area contributed by atoms with E-state index < -0.39 is 0 Å². The molecule has 0 aliphatic rings. The number of rotatable bonds is 9. The standard InChI is InChI=1S/C17H24N4O2/c1-6-8-22-11-13(3)23-17-15(10-18)9-16(14(4)20-17)19-12-21(5)7-2/h6,9,12-13H,1,7-8,11H2,2-5H3/b19-12+. The second-order valence-electron chi connectivity index (χ2n) is 5.13. The molecule has 124 valence electrons. The molecule has 0 amide bonds. The van der Waals surface area contributed by atoms with Crippen molar-refractivity contribution in [2.75, 3.05) is 26.8 Å². The van der Waals surface area contributed by atoms with Gasteiger partial charge < -0.3 is 14.4 Å². The summed E-state index contributed by atoms with van der Waals surface area (Å²) in [5.41, 5.74) is 1.72. The molecule has 1 aromatic heterocycles. The second kappa shape index (κ2) is 9.59. The fourth-order valence-corrected chi connectivity index (χ4v) is 1.66. The molecule has 0 saturated heterocycles. The SMILES string of the molecule is C=CCOCC(C)Oc1nc(C)c(/N=C/N(C)CC)cc1C#N. The highest BCUT2D eigenvalue weighted by Crippen LogP contribution is 2.25. The minimum absolute atomic E-state index is 0.213. The number of nitriles is 1. The molecule has 6 heteroatoms. The molecule has 1 aromatic rings. The fourth-order valence-electron chi connectivity index (χ4n) is 1.66. The number of hydrogen-bond donors (Lipinski definition) is 0. The summed E-state index contributed by atoms with van der Waals surface area (Å²) in [5.74, 6) is 0.308. The van der Waals surface area contributed by atoms with Gasteiger partial charge in [0, 0.05) is 13.6 Å². The van der Waals surface area contributed by atoms with Gasteiger partial charge in [0.15, 0.2) is 0 Å². The van der Waals surface area contributed by atoms with Crippen molar-refractivity contribution in [3.8, 4) is 11.9 Å². The molecule has 0 radical (unpaired) electrons. The molecule has 0 aliphatic heterocycles. The molecular formula is C17H24N4O2. The summed E-state index contributed by atoms with van der Waals surface area (Å²) in [6.45, 7) is 11.0. The number of aryl methyl sites for hydroxylation is 1. The Balaban J connectivity index is 2.90. The first kappa shape index (κ1) is 18.7. The molecule has 1 heterocycles. The van der Waals surface area contributed by atoms with Crippen molar-refractivity contribution in [2.45, 2.75) is 26.9 Å². The normalized spacial score (nSPS) is 12.0. The lowest BCUT2D eigenvalue weighted by molar-refractivity contribution is 0.0709. The van der Waals surface area contributed by atoms with Crippen LogP contribution < -0.4 is 4.74 Å². The van der Waals surface area contributed by atoms with Gasteiger partial charge in [-0.25, -0.2) is 9.98 Å². The maximum atomic E-state index is 9.31. The molecule has 0 bridgehead atoms. The Hall–Kier alpha value is -2.39. The largest absolute Gasteiger partial charge is 0.471 e. The van der Waals surface area contributed by atoms with Crippen molar-refractivity contribution in [3.63, 3.8) is 0 Å². The first-order valence-electron chi connectivity index (χ1n) is 7.53. The second-order valence-corrected chi connectivity index (χ2v) is 5.13. The van der Waals surface area contributed by atoms with Crippen LogP contribution >= 0.6 is 0 Å². The van der Waals surface area contributed by atoms with Gasteiger partial charge in [0.1, 0.15) is 17.7 Å². The molecule has 0 spiro atoms. The number of pyridine rings is 1. The van der Waals surface area contributed by atoms with E-state index in [0.717, 1.165) is 6.54 Å². The van der Waals surface area contributed by atoms with Crippen LogP contribution in [0.3, 0.4) is 0 Å². The van der Waals surface area contributed by atoms with Crippen molar-refractivity contribution in [2.24, 2.45) is 4.99 Å². The van der Waals surface area contributed by atoms with Crippen LogP contribution in [0, 0.1) is 18.3 Å². The van der Waals surface area contributed by atoms with E-state index >= 15 is 0 Å². The summed E-state index contributed by atoms with van der Waals surface area (Å²) in [5, 5.41) is 9.31. The molecule has 23 heavy (non-hydrogen) atoms. The predicted octanol–water partition coefficient (Wildman–Crippen LogP) is 2.84. The highest BCUT2D eigenvalue weighted by atomic mass is 16.5. The summed E-state index contributed by atoms with van der Waals surface area (Å²) in [4.78, 5) is 10.7. The van der Waals surface area contributed by atoms with Crippen LogP contribution in [0.1, 0.15) is 25.1 Å². The van der Waals surface area contributed by atoms with E-state index in [-0.39, 0.29) is 6.10 Å². The Morgan fingerprint density at radius 2 is 2.30 bits per heavy atom. The van der Waals surface area contributed by atoms with E-state index in [4.69, 9.17) is 9.47 Å². The number of aliphatic imine (C=N–C) groups is 1. The molecule has 0 N–H and O–H groups in total. The van der Waals surface area contributed by atoms with E-state index in [1.807, 2.05) is 32.7 Å². The predicted molar refractivity (Wildman–Crippen MR) is 91.3 cm³/mol. The van der Waals surface area contributed by atoms with Crippen LogP contribution in [-0.4, -0.2) is 49.1 Å². The van der Waals surface area contributed by atoms with Gasteiger partial charge in [0.25, 0.3) is 0 Å². The zero-order chi connectivity index (χ0) is 17.2. The summed E-state index contributed by atoms with van der Waals surface area (Å²) in [6, 6.07) is 3.79. The number of nitrogens with zero attached hydrogens (tertiary/aromatic N) is 4. The lowest BCUT2D eigenvalue weighted by Gasteiger charge is -2.15. The molecule has 1 rings (SSSR count). The van der Waals surface area contributed by atoms with Crippen LogP contribution in [0.5, 0.6) is 5.88 Å². The van der Waals surface area contributed by atoms with Gasteiger partial charge in [-0.3, -0.25) is 0 Å². The Kier molecular flexibility index (Phi) is 7.78. The van der Waals surface area contributed by atoms with Gasteiger partial charge in [-0.05, 0) is 26.8 Å². The number of ether oxygens (including phenoxy) is 2. The van der Waals surface area contributed by atoms with Gasteiger partial charge >= 0.3 is 0 Å². The smallest absolute Gasteiger partial charge is 0.232 e. The zero-order valence-corrected chi connectivity index (χ0v) is 14.2. The van der Waals surface area contributed by atoms with E-state index in [1.165, 1.54) is 0 Å². The fraction of sp³-hybridized carbons (Fsp3) is 0.471. The third kappa shape index (κ3) is 6.09. The van der Waals surface area contributed by atoms with Crippen molar-refractivity contribution in [1.82, 2.24) is 9.88 Å². The van der Waals surface area contributed by atoms with Crippen LogP contribution in [0.4, 0.5) is 5.69 Å². The van der Waals surface area contributed by atoms with Crippen molar-refractivity contribution >= 4 is 12.0 Å². The summed E-state index contributed by atoms with van der Waals surface area (Å²) in [7, 11) is 1.93. The van der Waals surface area contributed by atoms with Crippen LogP contribution in [-0.2, 0) is 4.74 Å². The molecule has 1 unspecified atom stereocenters. The Labute approximate surface area is 138 Å². The molecule has 0 fully saturated rings.